The van der Waals surface area contributed by atoms with Gasteiger partial charge in [-0.1, -0.05) is 0 Å². The molecule has 1 aromatic carbocycles. The van der Waals surface area contributed by atoms with Crippen molar-refractivity contribution >= 4 is 11.6 Å². The van der Waals surface area contributed by atoms with Crippen LogP contribution in [0, 0.1) is 0 Å². The van der Waals surface area contributed by atoms with Crippen molar-refractivity contribution in [3.05, 3.63) is 23.8 Å². The van der Waals surface area contributed by atoms with Crippen LogP contribution < -0.4 is 9.47 Å². The number of hydrogen-bond acceptors (Lipinski definition) is 6. The van der Waals surface area contributed by atoms with Gasteiger partial charge in [0.1, 0.15) is 11.5 Å². The molecule has 0 aliphatic carbocycles. The van der Waals surface area contributed by atoms with E-state index in [9.17, 15) is 9.59 Å². The van der Waals surface area contributed by atoms with E-state index in [4.69, 9.17) is 18.9 Å². The summed E-state index contributed by atoms with van der Waals surface area (Å²) in [7, 11) is 5.64. The highest BCUT2D eigenvalue weighted by Gasteiger charge is 2.23. The highest BCUT2D eigenvalue weighted by atomic mass is 16.7. The average molecular weight is 282 g/mol. The lowest BCUT2D eigenvalue weighted by Gasteiger charge is -2.12. The number of Topliss-reactive ketones (excluding diaryl/α,β-unsaturated/α-hetero) is 2. The van der Waals surface area contributed by atoms with Crippen molar-refractivity contribution in [1.29, 1.82) is 0 Å². The number of ether oxygens (including phenoxy) is 4. The summed E-state index contributed by atoms with van der Waals surface area (Å²) in [5.74, 6) is 0.108. The van der Waals surface area contributed by atoms with Gasteiger partial charge in [-0.25, -0.2) is 0 Å². The van der Waals surface area contributed by atoms with Crippen molar-refractivity contribution in [3.63, 3.8) is 0 Å². The van der Waals surface area contributed by atoms with Crippen LogP contribution in [0.25, 0.3) is 0 Å². The molecule has 20 heavy (non-hydrogen) atoms. The first kappa shape index (κ1) is 16.1. The minimum atomic E-state index is -1.04. The maximum atomic E-state index is 12.1. The second-order valence-corrected chi connectivity index (χ2v) is 3.94. The first-order chi connectivity index (χ1) is 9.57. The Kier molecular flexibility index (Phi) is 6.14. The summed E-state index contributed by atoms with van der Waals surface area (Å²) in [6.45, 7) is 0. The normalized spacial score (nSPS) is 10.4. The first-order valence-electron chi connectivity index (χ1n) is 5.90. The minimum Gasteiger partial charge on any atom is -0.497 e. The van der Waals surface area contributed by atoms with Gasteiger partial charge >= 0.3 is 0 Å². The predicted molar refractivity (Wildman–Crippen MR) is 71.3 cm³/mol. The highest BCUT2D eigenvalue weighted by molar-refractivity contribution is 6.10. The van der Waals surface area contributed by atoms with Crippen molar-refractivity contribution in [3.8, 4) is 11.5 Å². The third-order valence-electron chi connectivity index (χ3n) is 2.73. The number of benzene rings is 1. The quantitative estimate of drug-likeness (QED) is 0.408. The molecule has 0 atom stereocenters. The molecule has 0 fully saturated rings. The van der Waals surface area contributed by atoms with Gasteiger partial charge in [0.15, 0.2) is 11.6 Å². The smallest absolute Gasteiger partial charge is 0.217 e. The van der Waals surface area contributed by atoms with Crippen molar-refractivity contribution in [1.82, 2.24) is 0 Å². The number of methoxy groups -OCH3 is 4. The number of ketones is 2. The third kappa shape index (κ3) is 3.79. The SMILES string of the molecule is COc1ccc(C(=O)CC(=O)C(OC)OC)c(OC)c1. The van der Waals surface area contributed by atoms with Gasteiger partial charge < -0.3 is 18.9 Å². The van der Waals surface area contributed by atoms with Crippen LogP contribution >= 0.6 is 0 Å². The lowest BCUT2D eigenvalue weighted by Crippen LogP contribution is -2.27. The van der Waals surface area contributed by atoms with E-state index in [1.807, 2.05) is 0 Å². The van der Waals surface area contributed by atoms with Gasteiger partial charge in [0.05, 0.1) is 26.2 Å². The monoisotopic (exact) mass is 282 g/mol. The molecule has 0 aromatic heterocycles. The molecule has 1 aromatic rings. The molecule has 0 radical (unpaired) electrons. The zero-order valence-corrected chi connectivity index (χ0v) is 12.0. The molecular weight excluding hydrogens is 264 g/mol. The van der Waals surface area contributed by atoms with E-state index < -0.39 is 12.1 Å². The molecule has 0 saturated carbocycles. The number of hydrogen-bond donors (Lipinski definition) is 0. The third-order valence-corrected chi connectivity index (χ3v) is 2.73. The standard InChI is InChI=1S/C14H18O6/c1-17-9-5-6-10(13(7-9)18-2)11(15)8-12(16)14(19-3)20-4/h5-7,14H,8H2,1-4H3. The Hall–Kier alpha value is -1.92. The fourth-order valence-corrected chi connectivity index (χ4v) is 1.72. The average Bonchev–Trinajstić information content (AvgIpc) is 2.47. The summed E-state index contributed by atoms with van der Waals surface area (Å²) in [4.78, 5) is 23.9. The topological polar surface area (TPSA) is 71.1 Å². The summed E-state index contributed by atoms with van der Waals surface area (Å²) in [6, 6.07) is 4.77. The largest absolute Gasteiger partial charge is 0.497 e. The van der Waals surface area contributed by atoms with Gasteiger partial charge in [0.2, 0.25) is 6.29 Å². The van der Waals surface area contributed by atoms with E-state index in [1.165, 1.54) is 28.4 Å². The Morgan fingerprint density at radius 1 is 1.05 bits per heavy atom. The zero-order valence-electron chi connectivity index (χ0n) is 12.0. The van der Waals surface area contributed by atoms with E-state index in [1.54, 1.807) is 18.2 Å². The lowest BCUT2D eigenvalue weighted by molar-refractivity contribution is -0.155. The maximum absolute atomic E-state index is 12.1. The first-order valence-corrected chi connectivity index (χ1v) is 5.90. The molecule has 6 heteroatoms. The minimum absolute atomic E-state index is 0.313. The number of carbonyl (C=O) groups is 2. The molecule has 110 valence electrons. The molecule has 0 bridgehead atoms. The molecule has 0 spiro atoms. The second-order valence-electron chi connectivity index (χ2n) is 3.94. The fraction of sp³-hybridized carbons (Fsp3) is 0.429. The summed E-state index contributed by atoms with van der Waals surface area (Å²) in [5.41, 5.74) is 0.313. The van der Waals surface area contributed by atoms with Crippen LogP contribution in [-0.4, -0.2) is 46.3 Å². The lowest BCUT2D eigenvalue weighted by atomic mass is 10.0. The molecule has 0 saturated heterocycles. The molecule has 0 N–H and O–H groups in total. The zero-order chi connectivity index (χ0) is 15.1. The molecule has 1 rings (SSSR count). The Balaban J connectivity index is 2.89. The maximum Gasteiger partial charge on any atom is 0.217 e. The Bertz CT molecular complexity index is 479. The summed E-state index contributed by atoms with van der Waals surface area (Å²) >= 11 is 0. The van der Waals surface area contributed by atoms with Crippen LogP contribution in [0.2, 0.25) is 0 Å². The molecule has 0 aliphatic rings. The summed E-state index contributed by atoms with van der Waals surface area (Å²) < 4.78 is 19.8. The molecule has 0 heterocycles. The Labute approximate surface area is 117 Å². The molecule has 6 nitrogen and oxygen atoms in total. The summed E-state index contributed by atoms with van der Waals surface area (Å²) in [5, 5.41) is 0. The number of carbonyl (C=O) groups excluding carboxylic acids is 2. The van der Waals surface area contributed by atoms with Crippen molar-refractivity contribution in [2.75, 3.05) is 28.4 Å². The summed E-state index contributed by atoms with van der Waals surface area (Å²) in [6.07, 6.45) is -1.36. The molecule has 0 aliphatic heterocycles. The van der Waals surface area contributed by atoms with E-state index in [2.05, 4.69) is 0 Å². The highest BCUT2D eigenvalue weighted by Crippen LogP contribution is 2.25. The van der Waals surface area contributed by atoms with Crippen molar-refractivity contribution in [2.24, 2.45) is 0 Å². The molecule has 0 amide bonds. The van der Waals surface area contributed by atoms with Crippen molar-refractivity contribution in [2.45, 2.75) is 12.7 Å². The van der Waals surface area contributed by atoms with Gasteiger partial charge in [-0.2, -0.15) is 0 Å². The predicted octanol–water partition coefficient (Wildman–Crippen LogP) is 1.46. The van der Waals surface area contributed by atoms with Crippen molar-refractivity contribution < 1.29 is 28.5 Å². The van der Waals surface area contributed by atoms with E-state index in [-0.39, 0.29) is 12.2 Å². The molecule has 0 unspecified atom stereocenters. The Morgan fingerprint density at radius 3 is 2.20 bits per heavy atom. The fourth-order valence-electron chi connectivity index (χ4n) is 1.72. The molecular formula is C14H18O6. The van der Waals surface area contributed by atoms with Crippen LogP contribution in [-0.2, 0) is 14.3 Å². The van der Waals surface area contributed by atoms with E-state index in [0.717, 1.165) is 0 Å². The second kappa shape index (κ2) is 7.62. The number of rotatable bonds is 8. The van der Waals surface area contributed by atoms with Gasteiger partial charge in [-0.15, -0.1) is 0 Å². The Morgan fingerprint density at radius 2 is 1.70 bits per heavy atom. The van der Waals surface area contributed by atoms with E-state index in [0.29, 0.717) is 17.1 Å². The van der Waals surface area contributed by atoms with Crippen LogP contribution in [0.4, 0.5) is 0 Å². The van der Waals surface area contributed by atoms with Gasteiger partial charge in [-0.3, -0.25) is 9.59 Å². The van der Waals surface area contributed by atoms with Gasteiger partial charge in [-0.05, 0) is 12.1 Å². The van der Waals surface area contributed by atoms with Crippen LogP contribution in [0.5, 0.6) is 11.5 Å². The van der Waals surface area contributed by atoms with Gasteiger partial charge in [0.25, 0.3) is 0 Å². The van der Waals surface area contributed by atoms with E-state index >= 15 is 0 Å². The van der Waals surface area contributed by atoms with Crippen LogP contribution in [0.1, 0.15) is 16.8 Å². The van der Waals surface area contributed by atoms with Crippen LogP contribution in [0.15, 0.2) is 18.2 Å². The van der Waals surface area contributed by atoms with Gasteiger partial charge in [0, 0.05) is 20.3 Å². The van der Waals surface area contributed by atoms with Crippen LogP contribution in [0.3, 0.4) is 0 Å².